The molecule has 1 N–H and O–H groups in total. The molecule has 1 aromatic heterocycles. The van der Waals surface area contributed by atoms with Crippen molar-refractivity contribution in [2.24, 2.45) is 5.10 Å². The number of aromatic nitrogens is 2. The standard InChI is InChI=1S/C22H25N5O2/c1-4-26(5-2)17-13-11-16(12-14-17)15-23-24-21(28)20-18-9-7-8-10-19(18)22(29)27(6-3)25-20/h7-15H,4-6H2,1-3H3,(H,24,28)/b23-15+. The van der Waals surface area contributed by atoms with Gasteiger partial charge in [0.25, 0.3) is 11.5 Å². The summed E-state index contributed by atoms with van der Waals surface area (Å²) < 4.78 is 1.28. The summed E-state index contributed by atoms with van der Waals surface area (Å²) in [6.07, 6.45) is 1.59. The maximum atomic E-state index is 12.6. The molecule has 1 amide bonds. The van der Waals surface area contributed by atoms with Crippen LogP contribution in [-0.2, 0) is 6.54 Å². The van der Waals surface area contributed by atoms with Crippen LogP contribution in [0.3, 0.4) is 0 Å². The number of benzene rings is 2. The first-order chi connectivity index (χ1) is 14.1. The molecule has 1 heterocycles. The number of hydrazone groups is 1. The number of amides is 1. The summed E-state index contributed by atoms with van der Waals surface area (Å²) in [6, 6.07) is 14.9. The van der Waals surface area contributed by atoms with E-state index in [1.165, 1.54) is 4.68 Å². The lowest BCUT2D eigenvalue weighted by atomic mass is 10.1. The molecule has 0 saturated carbocycles. The summed E-state index contributed by atoms with van der Waals surface area (Å²) in [6.45, 7) is 8.32. The van der Waals surface area contributed by atoms with E-state index in [0.29, 0.717) is 17.3 Å². The van der Waals surface area contributed by atoms with E-state index in [1.54, 1.807) is 30.5 Å². The first-order valence-corrected chi connectivity index (χ1v) is 9.77. The van der Waals surface area contributed by atoms with Crippen LogP contribution in [0.5, 0.6) is 0 Å². The van der Waals surface area contributed by atoms with Gasteiger partial charge in [0.1, 0.15) is 0 Å². The maximum absolute atomic E-state index is 12.6. The van der Waals surface area contributed by atoms with E-state index in [0.717, 1.165) is 24.3 Å². The highest BCUT2D eigenvalue weighted by atomic mass is 16.2. The number of nitrogens with one attached hydrogen (secondary N) is 1. The Kier molecular flexibility index (Phi) is 6.39. The highest BCUT2D eigenvalue weighted by molar-refractivity contribution is 6.04. The lowest BCUT2D eigenvalue weighted by molar-refractivity contribution is 0.0949. The van der Waals surface area contributed by atoms with Gasteiger partial charge in [-0.1, -0.05) is 30.3 Å². The zero-order chi connectivity index (χ0) is 20.8. The molecule has 29 heavy (non-hydrogen) atoms. The van der Waals surface area contributed by atoms with Gasteiger partial charge in [-0.15, -0.1) is 0 Å². The first-order valence-electron chi connectivity index (χ1n) is 9.77. The van der Waals surface area contributed by atoms with Crippen LogP contribution in [0.2, 0.25) is 0 Å². The third-order valence-electron chi connectivity index (χ3n) is 4.78. The number of carbonyl (C=O) groups excluding carboxylic acids is 1. The molecule has 0 bridgehead atoms. The second-order valence-electron chi connectivity index (χ2n) is 6.48. The number of hydrogen-bond donors (Lipinski definition) is 1. The van der Waals surface area contributed by atoms with E-state index in [-0.39, 0.29) is 11.3 Å². The van der Waals surface area contributed by atoms with Crippen LogP contribution < -0.4 is 15.9 Å². The lowest BCUT2D eigenvalue weighted by Gasteiger charge is -2.20. The minimum atomic E-state index is -0.459. The van der Waals surface area contributed by atoms with Crippen molar-refractivity contribution in [1.82, 2.24) is 15.2 Å². The van der Waals surface area contributed by atoms with E-state index in [2.05, 4.69) is 34.4 Å². The van der Waals surface area contributed by atoms with Gasteiger partial charge in [-0.25, -0.2) is 10.1 Å². The Labute approximate surface area is 169 Å². The van der Waals surface area contributed by atoms with Gasteiger partial charge in [0.05, 0.1) is 11.6 Å². The Hall–Kier alpha value is -3.48. The van der Waals surface area contributed by atoms with Crippen molar-refractivity contribution in [3.8, 4) is 0 Å². The highest BCUT2D eigenvalue weighted by Crippen LogP contribution is 2.15. The zero-order valence-corrected chi connectivity index (χ0v) is 16.9. The highest BCUT2D eigenvalue weighted by Gasteiger charge is 2.15. The molecule has 2 aromatic carbocycles. The Balaban J connectivity index is 1.79. The van der Waals surface area contributed by atoms with Gasteiger partial charge < -0.3 is 4.90 Å². The molecule has 7 nitrogen and oxygen atoms in total. The summed E-state index contributed by atoms with van der Waals surface area (Å²) in [5.74, 6) is -0.459. The zero-order valence-electron chi connectivity index (χ0n) is 16.9. The number of hydrogen-bond acceptors (Lipinski definition) is 5. The van der Waals surface area contributed by atoms with Crippen molar-refractivity contribution in [3.05, 3.63) is 70.1 Å². The smallest absolute Gasteiger partial charge is 0.292 e. The second kappa shape index (κ2) is 9.14. The summed E-state index contributed by atoms with van der Waals surface area (Å²) >= 11 is 0. The van der Waals surface area contributed by atoms with Gasteiger partial charge in [0.15, 0.2) is 5.69 Å². The molecule has 3 rings (SSSR count). The molecular weight excluding hydrogens is 366 g/mol. The second-order valence-corrected chi connectivity index (χ2v) is 6.48. The molecule has 7 heteroatoms. The van der Waals surface area contributed by atoms with Crippen LogP contribution in [0.1, 0.15) is 36.8 Å². The molecule has 150 valence electrons. The van der Waals surface area contributed by atoms with Gasteiger partial charge in [-0.2, -0.15) is 10.2 Å². The number of nitrogens with zero attached hydrogens (tertiary/aromatic N) is 4. The summed E-state index contributed by atoms with van der Waals surface area (Å²) in [5.41, 5.74) is 4.50. The molecule has 0 radical (unpaired) electrons. The van der Waals surface area contributed by atoms with E-state index >= 15 is 0 Å². The minimum absolute atomic E-state index is 0.177. The summed E-state index contributed by atoms with van der Waals surface area (Å²) in [4.78, 5) is 27.3. The average molecular weight is 391 g/mol. The molecule has 0 spiro atoms. The summed E-state index contributed by atoms with van der Waals surface area (Å²) in [7, 11) is 0. The molecule has 0 aliphatic heterocycles. The number of fused-ring (bicyclic) bond motifs is 1. The Bertz CT molecular complexity index is 1080. The van der Waals surface area contributed by atoms with Crippen LogP contribution >= 0.6 is 0 Å². The van der Waals surface area contributed by atoms with Gasteiger partial charge >= 0.3 is 0 Å². The predicted molar refractivity (Wildman–Crippen MR) is 117 cm³/mol. The van der Waals surface area contributed by atoms with E-state index in [4.69, 9.17) is 0 Å². The molecule has 0 aliphatic rings. The van der Waals surface area contributed by atoms with Crippen molar-refractivity contribution in [2.45, 2.75) is 27.3 Å². The van der Waals surface area contributed by atoms with Gasteiger partial charge in [0, 0.05) is 30.7 Å². The van der Waals surface area contributed by atoms with Crippen LogP contribution in [0.25, 0.3) is 10.8 Å². The topological polar surface area (TPSA) is 79.6 Å². The largest absolute Gasteiger partial charge is 0.372 e. The Morgan fingerprint density at radius 2 is 1.72 bits per heavy atom. The van der Waals surface area contributed by atoms with Crippen molar-refractivity contribution < 1.29 is 4.79 Å². The van der Waals surface area contributed by atoms with Crippen molar-refractivity contribution >= 4 is 28.6 Å². The Morgan fingerprint density at radius 1 is 1.07 bits per heavy atom. The average Bonchev–Trinajstić information content (AvgIpc) is 2.76. The lowest BCUT2D eigenvalue weighted by Crippen LogP contribution is -2.28. The SMILES string of the molecule is CCN(CC)c1ccc(/C=N/NC(=O)c2nn(CC)c(=O)c3ccccc23)cc1. The number of aryl methyl sites for hydroxylation is 1. The van der Waals surface area contributed by atoms with Gasteiger partial charge in [-0.3, -0.25) is 9.59 Å². The third kappa shape index (κ3) is 4.34. The quantitative estimate of drug-likeness (QED) is 0.496. The normalized spacial score (nSPS) is 11.1. The molecule has 0 aliphatic carbocycles. The fourth-order valence-corrected chi connectivity index (χ4v) is 3.20. The molecule has 0 atom stereocenters. The molecular formula is C22H25N5O2. The van der Waals surface area contributed by atoms with E-state index < -0.39 is 5.91 Å². The van der Waals surface area contributed by atoms with Crippen molar-refractivity contribution in [2.75, 3.05) is 18.0 Å². The van der Waals surface area contributed by atoms with Crippen LogP contribution in [-0.4, -0.2) is 35.0 Å². The number of rotatable bonds is 7. The van der Waals surface area contributed by atoms with E-state index in [9.17, 15) is 9.59 Å². The molecule has 0 saturated heterocycles. The van der Waals surface area contributed by atoms with Crippen LogP contribution in [0.4, 0.5) is 5.69 Å². The van der Waals surface area contributed by atoms with Crippen molar-refractivity contribution in [1.29, 1.82) is 0 Å². The van der Waals surface area contributed by atoms with Gasteiger partial charge in [-0.05, 0) is 44.5 Å². The molecule has 3 aromatic rings. The number of carbonyl (C=O) groups is 1. The molecule has 0 fully saturated rings. The Morgan fingerprint density at radius 3 is 2.34 bits per heavy atom. The van der Waals surface area contributed by atoms with Crippen molar-refractivity contribution in [3.63, 3.8) is 0 Å². The van der Waals surface area contributed by atoms with Gasteiger partial charge in [0.2, 0.25) is 0 Å². The van der Waals surface area contributed by atoms with Crippen LogP contribution in [0.15, 0.2) is 58.4 Å². The summed E-state index contributed by atoms with van der Waals surface area (Å²) in [5, 5.41) is 9.23. The first kappa shape index (κ1) is 20.3. The monoisotopic (exact) mass is 391 g/mol. The van der Waals surface area contributed by atoms with Crippen LogP contribution in [0, 0.1) is 0 Å². The van der Waals surface area contributed by atoms with E-state index in [1.807, 2.05) is 31.2 Å². The fraction of sp³-hybridized carbons (Fsp3) is 0.273. The predicted octanol–water partition coefficient (Wildman–Crippen LogP) is 3.03. The minimum Gasteiger partial charge on any atom is -0.372 e. The third-order valence-corrected chi connectivity index (χ3v) is 4.78. The molecule has 0 unspecified atom stereocenters. The number of anilines is 1. The maximum Gasteiger partial charge on any atom is 0.292 e. The fourth-order valence-electron chi connectivity index (χ4n) is 3.20.